The number of hydrogen-bond acceptors (Lipinski definition) is 3. The zero-order valence-electron chi connectivity index (χ0n) is 12.1. The van der Waals surface area contributed by atoms with Crippen LogP contribution in [0.2, 0.25) is 0 Å². The molecule has 2 N–H and O–H groups in total. The van der Waals surface area contributed by atoms with Crippen molar-refractivity contribution >= 4 is 29.9 Å². The smallest absolute Gasteiger partial charge is 0.191 e. The Morgan fingerprint density at radius 3 is 2.63 bits per heavy atom. The van der Waals surface area contributed by atoms with Gasteiger partial charge in [-0.25, -0.2) is 0 Å². The van der Waals surface area contributed by atoms with E-state index in [0.29, 0.717) is 5.92 Å². The molecule has 1 aliphatic heterocycles. The van der Waals surface area contributed by atoms with Gasteiger partial charge in [-0.3, -0.25) is 4.99 Å². The molecule has 1 heterocycles. The molecule has 0 spiro atoms. The topological polar surface area (TPSA) is 54.9 Å². The van der Waals surface area contributed by atoms with Gasteiger partial charge in [-0.15, -0.1) is 24.0 Å². The van der Waals surface area contributed by atoms with Crippen molar-refractivity contribution in [3.63, 3.8) is 0 Å². The maximum atomic E-state index is 5.63. The van der Waals surface area contributed by atoms with Gasteiger partial charge in [0.05, 0.1) is 13.2 Å². The largest absolute Gasteiger partial charge is 0.381 e. The molecule has 19 heavy (non-hydrogen) atoms. The minimum Gasteiger partial charge on any atom is -0.381 e. The Morgan fingerprint density at radius 2 is 2.05 bits per heavy atom. The summed E-state index contributed by atoms with van der Waals surface area (Å²) in [6.07, 6.45) is 2.11. The molecule has 0 aromatic carbocycles. The molecular weight excluding hydrogens is 357 g/mol. The molecule has 1 rings (SSSR count). The lowest BCUT2D eigenvalue weighted by molar-refractivity contribution is 0.0893. The first-order chi connectivity index (χ1) is 8.86. The van der Waals surface area contributed by atoms with Crippen LogP contribution in [0.25, 0.3) is 0 Å². The van der Waals surface area contributed by atoms with Crippen molar-refractivity contribution in [2.75, 3.05) is 46.1 Å². The molecule has 114 valence electrons. The van der Waals surface area contributed by atoms with E-state index in [9.17, 15) is 0 Å². The minimum absolute atomic E-state index is 0. The Kier molecular flexibility index (Phi) is 12.9. The van der Waals surface area contributed by atoms with Gasteiger partial charge in [-0.2, -0.15) is 0 Å². The van der Waals surface area contributed by atoms with Gasteiger partial charge < -0.3 is 20.1 Å². The third-order valence-corrected chi connectivity index (χ3v) is 2.78. The molecule has 1 aliphatic rings. The summed E-state index contributed by atoms with van der Waals surface area (Å²) in [6.45, 7) is 10.1. The van der Waals surface area contributed by atoms with Crippen molar-refractivity contribution in [3.8, 4) is 0 Å². The van der Waals surface area contributed by atoms with Crippen LogP contribution in [0.4, 0.5) is 0 Å². The van der Waals surface area contributed by atoms with E-state index in [-0.39, 0.29) is 24.0 Å². The van der Waals surface area contributed by atoms with Crippen LogP contribution in [-0.2, 0) is 9.47 Å². The van der Waals surface area contributed by atoms with Crippen LogP contribution in [-0.4, -0.2) is 52.0 Å². The second-order valence-electron chi connectivity index (χ2n) is 4.45. The van der Waals surface area contributed by atoms with E-state index in [1.165, 1.54) is 0 Å². The van der Waals surface area contributed by atoms with Gasteiger partial charge >= 0.3 is 0 Å². The van der Waals surface area contributed by atoms with E-state index in [2.05, 4.69) is 29.5 Å². The third kappa shape index (κ3) is 9.45. The van der Waals surface area contributed by atoms with Crippen LogP contribution in [0, 0.1) is 5.92 Å². The summed E-state index contributed by atoms with van der Waals surface area (Å²) >= 11 is 0. The van der Waals surface area contributed by atoms with E-state index in [1.807, 2.05) is 0 Å². The predicted octanol–water partition coefficient (Wildman–Crippen LogP) is 1.62. The summed E-state index contributed by atoms with van der Waals surface area (Å²) in [4.78, 5) is 4.46. The van der Waals surface area contributed by atoms with Crippen molar-refractivity contribution in [1.82, 2.24) is 10.6 Å². The van der Waals surface area contributed by atoms with E-state index in [0.717, 1.165) is 64.9 Å². The van der Waals surface area contributed by atoms with Gasteiger partial charge in [0.25, 0.3) is 0 Å². The SMILES string of the molecule is CCNC(=NCCCOCC1CCOC1)NCC.I. The molecule has 0 aromatic heterocycles. The fourth-order valence-electron chi connectivity index (χ4n) is 1.83. The minimum atomic E-state index is 0. The highest BCUT2D eigenvalue weighted by atomic mass is 127. The number of rotatable bonds is 8. The summed E-state index contributed by atoms with van der Waals surface area (Å²) in [7, 11) is 0. The molecule has 0 amide bonds. The molecule has 1 saturated heterocycles. The Morgan fingerprint density at radius 1 is 1.32 bits per heavy atom. The monoisotopic (exact) mass is 385 g/mol. The standard InChI is InChI=1S/C13H27N3O2.HI/c1-3-14-13(15-4-2)16-7-5-8-17-10-12-6-9-18-11-12;/h12H,3-11H2,1-2H3,(H2,14,15,16);1H. The molecule has 0 aliphatic carbocycles. The van der Waals surface area contributed by atoms with Crippen LogP contribution in [0.5, 0.6) is 0 Å². The normalized spacial score (nSPS) is 17.7. The lowest BCUT2D eigenvalue weighted by atomic mass is 10.1. The Hall–Kier alpha value is -0.0800. The number of guanidine groups is 1. The molecule has 5 nitrogen and oxygen atoms in total. The molecule has 1 atom stereocenters. The van der Waals surface area contributed by atoms with Crippen LogP contribution in [0.15, 0.2) is 4.99 Å². The average molecular weight is 385 g/mol. The maximum absolute atomic E-state index is 5.63. The Labute approximate surface area is 133 Å². The van der Waals surface area contributed by atoms with E-state index < -0.39 is 0 Å². The van der Waals surface area contributed by atoms with Crippen molar-refractivity contribution in [3.05, 3.63) is 0 Å². The second-order valence-corrected chi connectivity index (χ2v) is 4.45. The first kappa shape index (κ1) is 18.9. The molecule has 6 heteroatoms. The highest BCUT2D eigenvalue weighted by molar-refractivity contribution is 14.0. The predicted molar refractivity (Wildman–Crippen MR) is 89.4 cm³/mol. The second kappa shape index (κ2) is 12.9. The summed E-state index contributed by atoms with van der Waals surface area (Å²) < 4.78 is 10.9. The fraction of sp³-hybridized carbons (Fsp3) is 0.923. The number of hydrogen-bond donors (Lipinski definition) is 2. The van der Waals surface area contributed by atoms with Gasteiger partial charge in [0, 0.05) is 38.8 Å². The van der Waals surface area contributed by atoms with Crippen molar-refractivity contribution in [2.45, 2.75) is 26.7 Å². The maximum Gasteiger partial charge on any atom is 0.191 e. The van der Waals surface area contributed by atoms with E-state index in [1.54, 1.807) is 0 Å². The Balaban J connectivity index is 0.00000324. The highest BCUT2D eigenvalue weighted by Gasteiger charge is 2.14. The average Bonchev–Trinajstić information content (AvgIpc) is 2.87. The summed E-state index contributed by atoms with van der Waals surface area (Å²) in [5.41, 5.74) is 0. The van der Waals surface area contributed by atoms with Gasteiger partial charge in [-0.05, 0) is 26.7 Å². The molecule has 1 fully saturated rings. The fourth-order valence-corrected chi connectivity index (χ4v) is 1.83. The number of nitrogens with zero attached hydrogens (tertiary/aromatic N) is 1. The molecule has 0 saturated carbocycles. The summed E-state index contributed by atoms with van der Waals surface area (Å²) in [5.74, 6) is 1.50. The molecule has 0 bridgehead atoms. The number of aliphatic imine (C=N–C) groups is 1. The lowest BCUT2D eigenvalue weighted by Gasteiger charge is -2.10. The van der Waals surface area contributed by atoms with Crippen LogP contribution >= 0.6 is 24.0 Å². The van der Waals surface area contributed by atoms with Gasteiger partial charge in [0.2, 0.25) is 0 Å². The Bertz CT molecular complexity index is 226. The van der Waals surface area contributed by atoms with Gasteiger partial charge in [-0.1, -0.05) is 0 Å². The van der Waals surface area contributed by atoms with Crippen molar-refractivity contribution in [2.24, 2.45) is 10.9 Å². The van der Waals surface area contributed by atoms with E-state index in [4.69, 9.17) is 9.47 Å². The number of ether oxygens (including phenoxy) is 2. The van der Waals surface area contributed by atoms with Gasteiger partial charge in [0.15, 0.2) is 5.96 Å². The molecule has 0 radical (unpaired) electrons. The lowest BCUT2D eigenvalue weighted by Crippen LogP contribution is -2.37. The van der Waals surface area contributed by atoms with E-state index >= 15 is 0 Å². The zero-order chi connectivity index (χ0) is 13.1. The van der Waals surface area contributed by atoms with Crippen molar-refractivity contribution < 1.29 is 9.47 Å². The van der Waals surface area contributed by atoms with Crippen LogP contribution in [0.1, 0.15) is 26.7 Å². The van der Waals surface area contributed by atoms with Crippen LogP contribution < -0.4 is 10.6 Å². The first-order valence-electron chi connectivity index (χ1n) is 7.04. The van der Waals surface area contributed by atoms with Crippen LogP contribution in [0.3, 0.4) is 0 Å². The van der Waals surface area contributed by atoms with Crippen molar-refractivity contribution in [1.29, 1.82) is 0 Å². The highest BCUT2D eigenvalue weighted by Crippen LogP contribution is 2.12. The summed E-state index contributed by atoms with van der Waals surface area (Å²) in [5, 5.41) is 6.40. The number of nitrogens with one attached hydrogen (secondary N) is 2. The molecule has 1 unspecified atom stereocenters. The summed E-state index contributed by atoms with van der Waals surface area (Å²) in [6, 6.07) is 0. The molecular formula is C13H28IN3O2. The first-order valence-corrected chi connectivity index (χ1v) is 7.04. The number of halogens is 1. The third-order valence-electron chi connectivity index (χ3n) is 2.78. The zero-order valence-corrected chi connectivity index (χ0v) is 14.4. The quantitative estimate of drug-likeness (QED) is 0.289. The van der Waals surface area contributed by atoms with Gasteiger partial charge in [0.1, 0.15) is 0 Å². The molecule has 0 aromatic rings.